The molecular formula is C13H19N7S. The molecule has 1 aliphatic heterocycles. The highest BCUT2D eigenvalue weighted by atomic mass is 32.2. The van der Waals surface area contributed by atoms with Crippen LogP contribution in [0, 0.1) is 0 Å². The van der Waals surface area contributed by atoms with E-state index in [9.17, 15) is 0 Å². The van der Waals surface area contributed by atoms with Gasteiger partial charge in [-0.15, -0.1) is 0 Å². The largest absolute Gasteiger partial charge is 0.357 e. The highest BCUT2D eigenvalue weighted by Gasteiger charge is 2.29. The van der Waals surface area contributed by atoms with E-state index in [2.05, 4.69) is 37.5 Å². The number of hydrogen-bond donors (Lipinski definition) is 2. The van der Waals surface area contributed by atoms with E-state index in [0.717, 1.165) is 6.54 Å². The molecule has 2 aromatic heterocycles. The lowest BCUT2D eigenvalue weighted by Gasteiger charge is -2.22. The van der Waals surface area contributed by atoms with Gasteiger partial charge in [0.2, 0.25) is 17.8 Å². The summed E-state index contributed by atoms with van der Waals surface area (Å²) in [4.78, 5) is 17.2. The molecule has 3 rings (SSSR count). The Kier molecular flexibility index (Phi) is 3.96. The molecule has 1 atom stereocenters. The first-order chi connectivity index (χ1) is 10.2. The van der Waals surface area contributed by atoms with Crippen LogP contribution in [0.2, 0.25) is 0 Å². The Labute approximate surface area is 128 Å². The topological polar surface area (TPSA) is 80.5 Å². The van der Waals surface area contributed by atoms with Crippen molar-refractivity contribution < 1.29 is 0 Å². The molecule has 1 saturated heterocycles. The Morgan fingerprint density at radius 1 is 1.33 bits per heavy atom. The van der Waals surface area contributed by atoms with Crippen molar-refractivity contribution >= 4 is 23.7 Å². The molecule has 0 aliphatic carbocycles. The van der Waals surface area contributed by atoms with Crippen molar-refractivity contribution in [1.29, 1.82) is 0 Å². The third-order valence-electron chi connectivity index (χ3n) is 3.50. The minimum absolute atomic E-state index is 0.265. The molecule has 21 heavy (non-hydrogen) atoms. The maximum absolute atomic E-state index is 4.46. The van der Waals surface area contributed by atoms with Crippen LogP contribution in [-0.4, -0.2) is 48.6 Å². The van der Waals surface area contributed by atoms with Crippen LogP contribution < -0.4 is 10.6 Å². The highest BCUT2D eigenvalue weighted by molar-refractivity contribution is 8.00. The normalized spacial score (nSPS) is 21.4. The number of nitrogens with one attached hydrogen (secondary N) is 2. The fraction of sp³-hybridized carbons (Fsp3) is 0.538. The van der Waals surface area contributed by atoms with Crippen LogP contribution in [0.25, 0.3) is 5.95 Å². The van der Waals surface area contributed by atoms with E-state index in [4.69, 9.17) is 0 Å². The summed E-state index contributed by atoms with van der Waals surface area (Å²) in [6.45, 7) is 3.14. The smallest absolute Gasteiger partial charge is 0.241 e. The summed E-state index contributed by atoms with van der Waals surface area (Å²) < 4.78 is 2.03. The fourth-order valence-electron chi connectivity index (χ4n) is 2.29. The van der Waals surface area contributed by atoms with Gasteiger partial charge in [-0.2, -0.15) is 26.7 Å². The number of rotatable bonds is 5. The molecule has 3 heterocycles. The van der Waals surface area contributed by atoms with Crippen molar-refractivity contribution in [3.8, 4) is 5.95 Å². The number of anilines is 2. The maximum atomic E-state index is 4.46. The first kappa shape index (κ1) is 14.1. The number of imidazole rings is 1. The lowest BCUT2D eigenvalue weighted by atomic mass is 10.1. The average Bonchev–Trinajstić information content (AvgIpc) is 3.17. The second-order valence-corrected chi connectivity index (χ2v) is 6.94. The number of nitrogens with zero attached hydrogens (tertiary/aromatic N) is 5. The molecule has 2 N–H and O–H groups in total. The van der Waals surface area contributed by atoms with Gasteiger partial charge in [0.1, 0.15) is 6.33 Å². The van der Waals surface area contributed by atoms with Gasteiger partial charge in [0.25, 0.3) is 0 Å². The van der Waals surface area contributed by atoms with Gasteiger partial charge in [-0.25, -0.2) is 4.98 Å². The van der Waals surface area contributed by atoms with Gasteiger partial charge < -0.3 is 10.6 Å². The summed E-state index contributed by atoms with van der Waals surface area (Å²) in [6, 6.07) is 0. The Balaban J connectivity index is 1.79. The Bertz CT molecular complexity index is 593. The van der Waals surface area contributed by atoms with Gasteiger partial charge in [0, 0.05) is 30.7 Å². The molecule has 1 unspecified atom stereocenters. The Hall–Kier alpha value is -1.83. The van der Waals surface area contributed by atoms with Gasteiger partial charge in [0.15, 0.2) is 0 Å². The summed E-state index contributed by atoms with van der Waals surface area (Å²) in [5.74, 6) is 2.92. The third-order valence-corrected chi connectivity index (χ3v) is 5.04. The molecule has 0 bridgehead atoms. The molecule has 0 radical (unpaired) electrons. The molecule has 1 fully saturated rings. The van der Waals surface area contributed by atoms with Crippen molar-refractivity contribution in [3.05, 3.63) is 18.7 Å². The van der Waals surface area contributed by atoms with E-state index in [1.165, 1.54) is 18.6 Å². The van der Waals surface area contributed by atoms with Crippen LogP contribution in [0.5, 0.6) is 0 Å². The van der Waals surface area contributed by atoms with Gasteiger partial charge in [-0.3, -0.25) is 4.57 Å². The van der Waals surface area contributed by atoms with Crippen LogP contribution in [0.3, 0.4) is 0 Å². The van der Waals surface area contributed by atoms with Crippen molar-refractivity contribution in [3.63, 3.8) is 0 Å². The van der Waals surface area contributed by atoms with Crippen LogP contribution in [0.15, 0.2) is 18.7 Å². The van der Waals surface area contributed by atoms with Gasteiger partial charge in [-0.1, -0.05) is 0 Å². The minimum Gasteiger partial charge on any atom is -0.357 e. The molecule has 0 saturated carbocycles. The third kappa shape index (κ3) is 3.26. The van der Waals surface area contributed by atoms with Crippen molar-refractivity contribution in [2.45, 2.75) is 24.5 Å². The predicted octanol–water partition coefficient (Wildman–Crippen LogP) is 1.80. The maximum Gasteiger partial charge on any atom is 0.241 e. The van der Waals surface area contributed by atoms with Crippen LogP contribution in [0.4, 0.5) is 11.9 Å². The number of hydrogen-bond acceptors (Lipinski definition) is 7. The molecule has 1 aliphatic rings. The lowest BCUT2D eigenvalue weighted by Crippen LogP contribution is -2.28. The first-order valence-corrected chi connectivity index (χ1v) is 7.97. The molecule has 8 heteroatoms. The van der Waals surface area contributed by atoms with Crippen molar-refractivity contribution in [1.82, 2.24) is 24.5 Å². The molecule has 0 spiro atoms. The van der Waals surface area contributed by atoms with E-state index in [0.29, 0.717) is 17.8 Å². The van der Waals surface area contributed by atoms with Gasteiger partial charge >= 0.3 is 0 Å². The zero-order chi connectivity index (χ0) is 14.7. The Morgan fingerprint density at radius 2 is 2.19 bits per heavy atom. The standard InChI is InChI=1S/C13H19N7S/c1-13(4-3-7-21-13)8-16-11-17-10(14-2)18-12(19-11)20-6-5-15-9-20/h5-6,9H,3-4,7-8H2,1-2H3,(H2,14,16,17,18,19). The van der Waals surface area contributed by atoms with Crippen LogP contribution in [0.1, 0.15) is 19.8 Å². The SMILES string of the molecule is CNc1nc(NCC2(C)CCCS2)nc(-n2ccnc2)n1. The quantitative estimate of drug-likeness (QED) is 0.871. The molecule has 0 amide bonds. The lowest BCUT2D eigenvalue weighted by molar-refractivity contribution is 0.632. The van der Waals surface area contributed by atoms with E-state index in [1.807, 2.05) is 18.0 Å². The van der Waals surface area contributed by atoms with E-state index >= 15 is 0 Å². The highest BCUT2D eigenvalue weighted by Crippen LogP contribution is 2.37. The summed E-state index contributed by atoms with van der Waals surface area (Å²) in [5, 5.41) is 6.31. The predicted molar refractivity (Wildman–Crippen MR) is 85.1 cm³/mol. The fourth-order valence-corrected chi connectivity index (χ4v) is 3.54. The minimum atomic E-state index is 0.265. The average molecular weight is 305 g/mol. The van der Waals surface area contributed by atoms with Crippen LogP contribution >= 0.6 is 11.8 Å². The molecule has 2 aromatic rings. The molecule has 0 aromatic carbocycles. The summed E-state index contributed by atoms with van der Waals surface area (Å²) in [5.41, 5.74) is 0. The summed E-state index contributed by atoms with van der Waals surface area (Å²) in [6.07, 6.45) is 7.69. The molecule has 112 valence electrons. The van der Waals surface area contributed by atoms with Gasteiger partial charge in [0.05, 0.1) is 0 Å². The summed E-state index contributed by atoms with van der Waals surface area (Å²) >= 11 is 2.01. The van der Waals surface area contributed by atoms with Gasteiger partial charge in [-0.05, 0) is 25.5 Å². The van der Waals surface area contributed by atoms with Crippen molar-refractivity contribution in [2.24, 2.45) is 0 Å². The van der Waals surface area contributed by atoms with E-state index < -0.39 is 0 Å². The van der Waals surface area contributed by atoms with E-state index in [-0.39, 0.29) is 4.75 Å². The second-order valence-electron chi connectivity index (χ2n) is 5.26. The van der Waals surface area contributed by atoms with E-state index in [1.54, 1.807) is 24.1 Å². The monoisotopic (exact) mass is 305 g/mol. The number of aromatic nitrogens is 5. The zero-order valence-electron chi connectivity index (χ0n) is 12.2. The second kappa shape index (κ2) is 5.88. The number of thioether (sulfide) groups is 1. The molecular weight excluding hydrogens is 286 g/mol. The van der Waals surface area contributed by atoms with Crippen molar-refractivity contribution in [2.75, 3.05) is 30.0 Å². The first-order valence-electron chi connectivity index (χ1n) is 6.98. The summed E-state index contributed by atoms with van der Waals surface area (Å²) in [7, 11) is 1.80. The molecule has 7 nitrogen and oxygen atoms in total. The zero-order valence-corrected chi connectivity index (χ0v) is 13.0. The van der Waals surface area contributed by atoms with Crippen LogP contribution in [-0.2, 0) is 0 Å². The Morgan fingerprint density at radius 3 is 2.86 bits per heavy atom.